The van der Waals surface area contributed by atoms with Crippen molar-refractivity contribution in [1.29, 1.82) is 0 Å². The molecule has 0 saturated heterocycles. The van der Waals surface area contributed by atoms with Gasteiger partial charge in [-0.1, -0.05) is 60.7 Å². The summed E-state index contributed by atoms with van der Waals surface area (Å²) in [5.41, 5.74) is -0.192. The third kappa shape index (κ3) is 2.48. The van der Waals surface area contributed by atoms with Gasteiger partial charge in [-0.15, -0.1) is 0 Å². The van der Waals surface area contributed by atoms with Crippen LogP contribution in [0, 0.1) is 0 Å². The largest absolute Gasteiger partial charge is 0.307 e. The van der Waals surface area contributed by atoms with Crippen LogP contribution in [-0.4, -0.2) is 10.2 Å². The fourth-order valence-corrected chi connectivity index (χ4v) is 4.81. The number of hydrogen-bond donors (Lipinski definition) is 1. The summed E-state index contributed by atoms with van der Waals surface area (Å²) in [6.45, 7) is 0. The van der Waals surface area contributed by atoms with Gasteiger partial charge in [0.2, 0.25) is 0 Å². The highest BCUT2D eigenvalue weighted by molar-refractivity contribution is 7.85. The number of hydrogen-bond acceptors (Lipinski definition) is 2. The first kappa shape index (κ1) is 14.7. The zero-order valence-electron chi connectivity index (χ0n) is 11.5. The molecule has 0 atom stereocenters. The van der Waals surface area contributed by atoms with Gasteiger partial charge in [0.05, 0.1) is 0 Å². The third-order valence-electron chi connectivity index (χ3n) is 3.38. The van der Waals surface area contributed by atoms with E-state index in [9.17, 15) is 13.3 Å². The van der Waals surface area contributed by atoms with Gasteiger partial charge in [0.15, 0.2) is 7.14 Å². The quantitative estimate of drug-likeness (QED) is 0.752. The Morgan fingerprint density at radius 2 is 1.41 bits per heavy atom. The molecule has 0 bridgehead atoms. The standard InChI is InChI=1S/C16H13F2N2OP/c17-16(18)14-11-15(20-19-14)22(21,12-7-3-1-4-8-12)13-9-5-2-6-10-13/h1-11,16H,(H,19,20). The molecule has 3 aromatic rings. The predicted molar refractivity (Wildman–Crippen MR) is 82.9 cm³/mol. The van der Waals surface area contributed by atoms with Gasteiger partial charge in [0.1, 0.15) is 11.1 Å². The van der Waals surface area contributed by atoms with Crippen LogP contribution in [0.5, 0.6) is 0 Å². The maximum Gasteiger partial charge on any atom is 0.279 e. The Labute approximate surface area is 126 Å². The Morgan fingerprint density at radius 1 is 0.909 bits per heavy atom. The van der Waals surface area contributed by atoms with Crippen LogP contribution >= 0.6 is 7.14 Å². The van der Waals surface area contributed by atoms with Crippen LogP contribution in [0.4, 0.5) is 8.78 Å². The molecule has 3 rings (SSSR count). The number of benzene rings is 2. The lowest BCUT2D eigenvalue weighted by Crippen LogP contribution is -2.25. The summed E-state index contributed by atoms with van der Waals surface area (Å²) in [5.74, 6) is 0. The smallest absolute Gasteiger partial charge is 0.279 e. The zero-order valence-corrected chi connectivity index (χ0v) is 12.4. The van der Waals surface area contributed by atoms with Crippen molar-refractivity contribution in [3.8, 4) is 0 Å². The summed E-state index contributed by atoms with van der Waals surface area (Å²) < 4.78 is 39.4. The van der Waals surface area contributed by atoms with Gasteiger partial charge in [0, 0.05) is 10.6 Å². The maximum atomic E-state index is 13.7. The van der Waals surface area contributed by atoms with Crippen molar-refractivity contribution in [2.75, 3.05) is 0 Å². The molecule has 6 heteroatoms. The molecule has 0 unspecified atom stereocenters. The third-order valence-corrected chi connectivity index (χ3v) is 6.31. The molecule has 22 heavy (non-hydrogen) atoms. The first-order valence-corrected chi connectivity index (χ1v) is 8.38. The number of alkyl halides is 2. The van der Waals surface area contributed by atoms with Gasteiger partial charge < -0.3 is 4.57 Å². The molecule has 112 valence electrons. The average molecular weight is 318 g/mol. The van der Waals surface area contributed by atoms with Crippen molar-refractivity contribution in [1.82, 2.24) is 10.2 Å². The predicted octanol–water partition coefficient (Wildman–Crippen LogP) is 2.99. The Morgan fingerprint density at radius 3 is 1.82 bits per heavy atom. The molecule has 3 nitrogen and oxygen atoms in total. The zero-order chi connectivity index (χ0) is 15.6. The lowest BCUT2D eigenvalue weighted by molar-refractivity contribution is 0.146. The second-order valence-corrected chi connectivity index (χ2v) is 7.47. The molecule has 0 fully saturated rings. The van der Waals surface area contributed by atoms with Crippen molar-refractivity contribution in [3.63, 3.8) is 0 Å². The lowest BCUT2D eigenvalue weighted by atomic mass is 10.4. The monoisotopic (exact) mass is 318 g/mol. The van der Waals surface area contributed by atoms with Crippen LogP contribution in [0.3, 0.4) is 0 Å². The first-order chi connectivity index (χ1) is 10.6. The van der Waals surface area contributed by atoms with E-state index in [1.54, 1.807) is 48.5 Å². The lowest BCUT2D eigenvalue weighted by Gasteiger charge is -2.16. The van der Waals surface area contributed by atoms with E-state index >= 15 is 0 Å². The number of aromatic amines is 1. The Hall–Kier alpha value is -2.26. The second kappa shape index (κ2) is 5.85. The topological polar surface area (TPSA) is 45.8 Å². The van der Waals surface area contributed by atoms with E-state index in [1.807, 2.05) is 12.1 Å². The molecule has 0 spiro atoms. The molecule has 0 aliphatic carbocycles. The van der Waals surface area contributed by atoms with Gasteiger partial charge in [-0.2, -0.15) is 5.10 Å². The number of H-pyrrole nitrogens is 1. The van der Waals surface area contributed by atoms with E-state index in [0.717, 1.165) is 0 Å². The molecule has 1 heterocycles. The van der Waals surface area contributed by atoms with Crippen LogP contribution in [0.25, 0.3) is 0 Å². The van der Waals surface area contributed by atoms with Crippen LogP contribution in [0.2, 0.25) is 0 Å². The second-order valence-electron chi connectivity index (χ2n) is 4.76. The fourth-order valence-electron chi connectivity index (χ4n) is 2.29. The normalized spacial score (nSPS) is 11.8. The molecule has 1 aromatic heterocycles. The number of nitrogens with zero attached hydrogens (tertiary/aromatic N) is 1. The van der Waals surface area contributed by atoms with Gasteiger partial charge in [0.25, 0.3) is 6.43 Å². The van der Waals surface area contributed by atoms with Crippen molar-refractivity contribution in [2.24, 2.45) is 0 Å². The number of nitrogens with one attached hydrogen (secondary N) is 1. The van der Waals surface area contributed by atoms with Crippen LogP contribution in [0.1, 0.15) is 12.1 Å². The summed E-state index contributed by atoms with van der Waals surface area (Å²) in [7, 11) is -3.27. The highest BCUT2D eigenvalue weighted by Crippen LogP contribution is 2.41. The Balaban J connectivity index is 2.21. The van der Waals surface area contributed by atoms with Crippen molar-refractivity contribution in [3.05, 3.63) is 72.4 Å². The molecule has 0 saturated carbocycles. The minimum Gasteiger partial charge on any atom is -0.307 e. The van der Waals surface area contributed by atoms with Crippen molar-refractivity contribution >= 4 is 23.2 Å². The molecule has 0 aliphatic rings. The highest BCUT2D eigenvalue weighted by atomic mass is 31.2. The van der Waals surface area contributed by atoms with Gasteiger partial charge in [-0.3, -0.25) is 5.10 Å². The molecule has 0 aliphatic heterocycles. The SMILES string of the molecule is O=P(c1ccccc1)(c1ccccc1)c1cc(C(F)F)[nH]n1. The van der Waals surface area contributed by atoms with E-state index in [4.69, 9.17) is 0 Å². The van der Waals surface area contributed by atoms with Gasteiger partial charge in [-0.05, 0) is 6.07 Å². The molecule has 2 aromatic carbocycles. The van der Waals surface area contributed by atoms with Crippen LogP contribution in [-0.2, 0) is 4.57 Å². The highest BCUT2D eigenvalue weighted by Gasteiger charge is 2.32. The molecule has 0 radical (unpaired) electrons. The summed E-state index contributed by atoms with van der Waals surface area (Å²) in [6.07, 6.45) is -2.68. The molecule has 0 amide bonds. The molecular weight excluding hydrogens is 305 g/mol. The minimum atomic E-state index is -3.27. The Kier molecular flexibility index (Phi) is 3.90. The number of halogens is 2. The maximum absolute atomic E-state index is 13.7. The van der Waals surface area contributed by atoms with Crippen molar-refractivity contribution in [2.45, 2.75) is 6.43 Å². The van der Waals surface area contributed by atoms with Gasteiger partial charge in [-0.25, -0.2) is 8.78 Å². The summed E-state index contributed by atoms with van der Waals surface area (Å²) in [5, 5.41) is 7.30. The first-order valence-electron chi connectivity index (χ1n) is 6.67. The number of rotatable bonds is 4. The average Bonchev–Trinajstić information content (AvgIpc) is 3.06. The minimum absolute atomic E-state index is 0.139. The van der Waals surface area contributed by atoms with Crippen LogP contribution in [0.15, 0.2) is 66.7 Å². The van der Waals surface area contributed by atoms with Crippen LogP contribution < -0.4 is 16.0 Å². The molecular formula is C16H13F2N2OP. The van der Waals surface area contributed by atoms with E-state index in [-0.39, 0.29) is 11.1 Å². The summed E-state index contributed by atoms with van der Waals surface area (Å²) >= 11 is 0. The summed E-state index contributed by atoms with van der Waals surface area (Å²) in [6, 6.07) is 18.8. The van der Waals surface area contributed by atoms with E-state index in [0.29, 0.717) is 10.6 Å². The summed E-state index contributed by atoms with van der Waals surface area (Å²) in [4.78, 5) is 0. The molecule has 1 N–H and O–H groups in total. The van der Waals surface area contributed by atoms with Gasteiger partial charge >= 0.3 is 0 Å². The Bertz CT molecular complexity index is 760. The fraction of sp³-hybridized carbons (Fsp3) is 0.0625. The van der Waals surface area contributed by atoms with E-state index in [1.165, 1.54) is 6.07 Å². The van der Waals surface area contributed by atoms with Crippen molar-refractivity contribution < 1.29 is 13.3 Å². The van der Waals surface area contributed by atoms with E-state index < -0.39 is 13.6 Å². The van der Waals surface area contributed by atoms with E-state index in [2.05, 4.69) is 10.2 Å². The number of aromatic nitrogens is 2.